The summed E-state index contributed by atoms with van der Waals surface area (Å²) in [4.78, 5) is 22.2. The molecule has 80 valence electrons. The standard InChI is InChI=1S/C11H13NO3/c1-7-6-8-4-2-3-5-12(8)9(7)10(13)11(14)15/h6H,2-5H2,1H3,(H,14,15). The normalized spacial score (nSPS) is 14.7. The van der Waals surface area contributed by atoms with Gasteiger partial charge in [0.25, 0.3) is 5.78 Å². The molecule has 0 fully saturated rings. The van der Waals surface area contributed by atoms with Gasteiger partial charge in [-0.25, -0.2) is 4.79 Å². The Morgan fingerprint density at radius 1 is 1.40 bits per heavy atom. The first-order valence-electron chi connectivity index (χ1n) is 5.08. The second kappa shape index (κ2) is 3.53. The number of carboxylic acids is 1. The summed E-state index contributed by atoms with van der Waals surface area (Å²) in [5.74, 6) is -2.16. The number of carboxylic acid groups (broad SMARTS) is 1. The summed E-state index contributed by atoms with van der Waals surface area (Å²) in [5.41, 5.74) is 2.22. The summed E-state index contributed by atoms with van der Waals surface area (Å²) >= 11 is 0. The number of carbonyl (C=O) groups excluding carboxylic acids is 1. The predicted molar refractivity (Wildman–Crippen MR) is 54.1 cm³/mol. The summed E-state index contributed by atoms with van der Waals surface area (Å²) in [7, 11) is 0. The van der Waals surface area contributed by atoms with Crippen LogP contribution in [0.5, 0.6) is 0 Å². The molecule has 0 atom stereocenters. The molecule has 2 rings (SSSR count). The van der Waals surface area contributed by atoms with Gasteiger partial charge in [0, 0.05) is 12.2 Å². The number of carbonyl (C=O) groups is 2. The highest BCUT2D eigenvalue weighted by atomic mass is 16.4. The summed E-state index contributed by atoms with van der Waals surface area (Å²) in [5, 5.41) is 8.72. The first-order valence-corrected chi connectivity index (χ1v) is 5.08. The van der Waals surface area contributed by atoms with Crippen LogP contribution in [0.3, 0.4) is 0 Å². The SMILES string of the molecule is Cc1cc2n(c1C(=O)C(=O)O)CCCC2. The smallest absolute Gasteiger partial charge is 0.378 e. The van der Waals surface area contributed by atoms with Crippen molar-refractivity contribution in [3.63, 3.8) is 0 Å². The molecule has 15 heavy (non-hydrogen) atoms. The molecule has 0 aromatic carbocycles. The fraction of sp³-hybridized carbons (Fsp3) is 0.455. The van der Waals surface area contributed by atoms with Gasteiger partial charge >= 0.3 is 5.97 Å². The Labute approximate surface area is 87.5 Å². The molecule has 2 heterocycles. The lowest BCUT2D eigenvalue weighted by atomic mass is 10.1. The number of ketones is 1. The van der Waals surface area contributed by atoms with E-state index in [1.54, 1.807) is 6.92 Å². The molecule has 0 saturated carbocycles. The number of hydrogen-bond donors (Lipinski definition) is 1. The molecule has 0 amide bonds. The number of aromatic nitrogens is 1. The zero-order chi connectivity index (χ0) is 11.0. The predicted octanol–water partition coefficient (Wildman–Crippen LogP) is 1.40. The van der Waals surface area contributed by atoms with Gasteiger partial charge in [0.2, 0.25) is 0 Å². The van der Waals surface area contributed by atoms with E-state index in [9.17, 15) is 9.59 Å². The van der Waals surface area contributed by atoms with Crippen LogP contribution in [0.15, 0.2) is 6.07 Å². The molecule has 4 nitrogen and oxygen atoms in total. The van der Waals surface area contributed by atoms with Crippen molar-refractivity contribution >= 4 is 11.8 Å². The molecule has 0 aliphatic carbocycles. The zero-order valence-corrected chi connectivity index (χ0v) is 8.62. The van der Waals surface area contributed by atoms with Gasteiger partial charge in [-0.15, -0.1) is 0 Å². The molecule has 1 N–H and O–H groups in total. The lowest BCUT2D eigenvalue weighted by molar-refractivity contribution is -0.131. The molecule has 0 spiro atoms. The Kier molecular flexibility index (Phi) is 2.34. The fourth-order valence-electron chi connectivity index (χ4n) is 2.19. The quantitative estimate of drug-likeness (QED) is 0.589. The number of hydrogen-bond acceptors (Lipinski definition) is 2. The summed E-state index contributed by atoms with van der Waals surface area (Å²) in [6.07, 6.45) is 3.07. The molecule has 1 aliphatic heterocycles. The number of aryl methyl sites for hydroxylation is 2. The van der Waals surface area contributed by atoms with E-state index in [0.29, 0.717) is 5.69 Å². The van der Waals surface area contributed by atoms with Gasteiger partial charge in [-0.2, -0.15) is 0 Å². The molecule has 0 radical (unpaired) electrons. The third-order valence-corrected chi connectivity index (χ3v) is 2.85. The highest BCUT2D eigenvalue weighted by Crippen LogP contribution is 2.22. The molecule has 1 aromatic rings. The first-order chi connectivity index (χ1) is 7.11. The Bertz CT molecular complexity index is 431. The van der Waals surface area contributed by atoms with Crippen LogP contribution < -0.4 is 0 Å². The van der Waals surface area contributed by atoms with Crippen LogP contribution in [0.1, 0.15) is 34.6 Å². The van der Waals surface area contributed by atoms with E-state index in [-0.39, 0.29) is 0 Å². The van der Waals surface area contributed by atoms with E-state index >= 15 is 0 Å². The highest BCUT2D eigenvalue weighted by molar-refractivity contribution is 6.39. The topological polar surface area (TPSA) is 59.3 Å². The van der Waals surface area contributed by atoms with Gasteiger partial charge in [-0.05, 0) is 37.8 Å². The lowest BCUT2D eigenvalue weighted by Crippen LogP contribution is -2.21. The Balaban J connectivity index is 2.51. The van der Waals surface area contributed by atoms with E-state index in [4.69, 9.17) is 5.11 Å². The van der Waals surface area contributed by atoms with Gasteiger partial charge in [0.1, 0.15) is 0 Å². The molecular weight excluding hydrogens is 194 g/mol. The van der Waals surface area contributed by atoms with E-state index in [2.05, 4.69) is 0 Å². The number of aliphatic carboxylic acids is 1. The van der Waals surface area contributed by atoms with Crippen LogP contribution in [-0.2, 0) is 17.8 Å². The van der Waals surface area contributed by atoms with Crippen molar-refractivity contribution < 1.29 is 14.7 Å². The minimum absolute atomic E-state index is 0.359. The second-order valence-electron chi connectivity index (χ2n) is 3.91. The van der Waals surface area contributed by atoms with Gasteiger partial charge in [0.05, 0.1) is 5.69 Å². The minimum Gasteiger partial charge on any atom is -0.475 e. The number of Topliss-reactive ketones (excluding diaryl/α,β-unsaturated/α-hetero) is 1. The van der Waals surface area contributed by atoms with Crippen molar-refractivity contribution in [2.24, 2.45) is 0 Å². The van der Waals surface area contributed by atoms with Crippen LogP contribution >= 0.6 is 0 Å². The van der Waals surface area contributed by atoms with Crippen molar-refractivity contribution in [2.45, 2.75) is 32.7 Å². The average Bonchev–Trinajstić information content (AvgIpc) is 2.52. The van der Waals surface area contributed by atoms with Crippen molar-refractivity contribution in [3.8, 4) is 0 Å². The van der Waals surface area contributed by atoms with Gasteiger partial charge in [-0.1, -0.05) is 0 Å². The van der Waals surface area contributed by atoms with Gasteiger partial charge < -0.3 is 9.67 Å². The number of rotatable bonds is 2. The summed E-state index contributed by atoms with van der Waals surface area (Å²) < 4.78 is 1.86. The molecule has 4 heteroatoms. The van der Waals surface area contributed by atoms with E-state index in [1.165, 1.54) is 0 Å². The Hall–Kier alpha value is -1.58. The zero-order valence-electron chi connectivity index (χ0n) is 8.62. The molecular formula is C11H13NO3. The molecule has 1 aliphatic rings. The van der Waals surface area contributed by atoms with Crippen molar-refractivity contribution in [3.05, 3.63) is 23.0 Å². The van der Waals surface area contributed by atoms with Crippen LogP contribution in [0.25, 0.3) is 0 Å². The van der Waals surface area contributed by atoms with Crippen molar-refractivity contribution in [1.82, 2.24) is 4.57 Å². The van der Waals surface area contributed by atoms with E-state index in [0.717, 1.165) is 37.1 Å². The molecule has 1 aromatic heterocycles. The van der Waals surface area contributed by atoms with Crippen molar-refractivity contribution in [1.29, 1.82) is 0 Å². The van der Waals surface area contributed by atoms with Gasteiger partial charge in [-0.3, -0.25) is 4.79 Å². The molecule has 0 unspecified atom stereocenters. The summed E-state index contributed by atoms with van der Waals surface area (Å²) in [6.45, 7) is 2.55. The van der Waals surface area contributed by atoms with Crippen LogP contribution in [0.2, 0.25) is 0 Å². The van der Waals surface area contributed by atoms with Crippen LogP contribution in [0, 0.1) is 6.92 Å². The number of fused-ring (bicyclic) bond motifs is 1. The Morgan fingerprint density at radius 3 is 2.80 bits per heavy atom. The highest BCUT2D eigenvalue weighted by Gasteiger charge is 2.24. The van der Waals surface area contributed by atoms with E-state index in [1.807, 2.05) is 10.6 Å². The van der Waals surface area contributed by atoms with Gasteiger partial charge in [0.15, 0.2) is 0 Å². The van der Waals surface area contributed by atoms with Crippen LogP contribution in [-0.4, -0.2) is 21.4 Å². The maximum Gasteiger partial charge on any atom is 0.378 e. The van der Waals surface area contributed by atoms with E-state index < -0.39 is 11.8 Å². The Morgan fingerprint density at radius 2 is 2.13 bits per heavy atom. The number of nitrogens with zero attached hydrogens (tertiary/aromatic N) is 1. The summed E-state index contributed by atoms with van der Waals surface area (Å²) in [6, 6.07) is 1.93. The minimum atomic E-state index is -1.37. The maximum atomic E-state index is 11.5. The third-order valence-electron chi connectivity index (χ3n) is 2.85. The third kappa shape index (κ3) is 1.56. The van der Waals surface area contributed by atoms with Crippen LogP contribution in [0.4, 0.5) is 0 Å². The second-order valence-corrected chi connectivity index (χ2v) is 3.91. The monoisotopic (exact) mass is 207 g/mol. The largest absolute Gasteiger partial charge is 0.475 e. The lowest BCUT2D eigenvalue weighted by Gasteiger charge is -2.16. The first kappa shape index (κ1) is 9.96. The molecule has 0 saturated heterocycles. The maximum absolute atomic E-state index is 11.5. The van der Waals surface area contributed by atoms with Crippen molar-refractivity contribution in [2.75, 3.05) is 0 Å². The fourth-order valence-corrected chi connectivity index (χ4v) is 2.19. The average molecular weight is 207 g/mol. The molecule has 0 bridgehead atoms.